The summed E-state index contributed by atoms with van der Waals surface area (Å²) >= 11 is 0. The minimum Gasteiger partial charge on any atom is -0.481 e. The van der Waals surface area contributed by atoms with Crippen LogP contribution >= 0.6 is 0 Å². The number of carboxylic acid groups (broad SMARTS) is 1. The molecule has 0 aliphatic heterocycles. The van der Waals surface area contributed by atoms with Crippen molar-refractivity contribution in [1.29, 1.82) is 0 Å². The first-order chi connectivity index (χ1) is 9.16. The smallest absolute Gasteiger partial charge is 0.481 e. The maximum atomic E-state index is 10.0. The molecule has 21 heavy (non-hydrogen) atoms. The summed E-state index contributed by atoms with van der Waals surface area (Å²) in [5.74, 6) is -0.757. The van der Waals surface area contributed by atoms with Gasteiger partial charge in [-0.05, 0) is 45.7 Å². The second-order valence-corrected chi connectivity index (χ2v) is 5.14. The summed E-state index contributed by atoms with van der Waals surface area (Å²) in [6.07, 6.45) is 1.00. The Morgan fingerprint density at radius 1 is 1.10 bits per heavy atom. The summed E-state index contributed by atoms with van der Waals surface area (Å²) in [6.45, 7) is 18.7. The van der Waals surface area contributed by atoms with Gasteiger partial charge in [-0.15, -0.1) is 0 Å². The molecule has 0 aromatic heterocycles. The molecule has 1 aromatic carbocycles. The first-order valence-corrected chi connectivity index (χ1v) is 7.21. The zero-order chi connectivity index (χ0) is 16.8. The predicted octanol–water partition coefficient (Wildman–Crippen LogP) is 2.68. The van der Waals surface area contributed by atoms with Gasteiger partial charge in [0.2, 0.25) is 0 Å². The predicted molar refractivity (Wildman–Crippen MR) is 90.0 cm³/mol. The quantitative estimate of drug-likeness (QED) is 0.589. The molecule has 0 spiro atoms. The molecule has 2 nitrogen and oxygen atoms in total. The Morgan fingerprint density at radius 3 is 1.38 bits per heavy atom. The summed E-state index contributed by atoms with van der Waals surface area (Å²) in [6, 6.07) is 8.36. The fourth-order valence-corrected chi connectivity index (χ4v) is 0.663. The van der Waals surface area contributed by atoms with Crippen LogP contribution in [0.15, 0.2) is 24.3 Å². The maximum absolute atomic E-state index is 10.0. The Balaban J connectivity index is -0.000000103. The van der Waals surface area contributed by atoms with E-state index >= 15 is 0 Å². The molecular formula is C18H33KO2. The third-order valence-corrected chi connectivity index (χ3v) is 2.07. The first-order valence-electron chi connectivity index (χ1n) is 7.21. The van der Waals surface area contributed by atoms with Crippen LogP contribution < -0.4 is 51.4 Å². The molecule has 118 valence electrons. The normalized spacial score (nSPS) is 8.43. The topological polar surface area (TPSA) is 37.3 Å². The van der Waals surface area contributed by atoms with Crippen molar-refractivity contribution in [3.05, 3.63) is 42.3 Å². The van der Waals surface area contributed by atoms with E-state index in [1.165, 1.54) is 11.1 Å². The van der Waals surface area contributed by atoms with Crippen molar-refractivity contribution in [3.63, 3.8) is 0 Å². The van der Waals surface area contributed by atoms with Crippen LogP contribution in [0.3, 0.4) is 0 Å². The molecule has 0 aliphatic rings. The average molecular weight is 321 g/mol. The Hall–Kier alpha value is 0.326. The van der Waals surface area contributed by atoms with E-state index in [0.717, 1.165) is 6.42 Å². The number of aryl methyl sites for hydroxylation is 2. The van der Waals surface area contributed by atoms with Crippen molar-refractivity contribution in [2.24, 2.45) is 5.41 Å². The van der Waals surface area contributed by atoms with Crippen molar-refractivity contribution >= 4 is 5.97 Å². The van der Waals surface area contributed by atoms with Gasteiger partial charge in [0.25, 0.3) is 0 Å². The second kappa shape index (κ2) is 18.4. The van der Waals surface area contributed by atoms with Crippen LogP contribution in [-0.2, 0) is 4.79 Å². The van der Waals surface area contributed by atoms with Crippen molar-refractivity contribution in [3.8, 4) is 0 Å². The molecule has 1 N–H and O–H groups in total. The van der Waals surface area contributed by atoms with Gasteiger partial charge in [-0.2, -0.15) is 6.42 Å². The minimum atomic E-state index is -0.757. The van der Waals surface area contributed by atoms with Gasteiger partial charge in [-0.3, -0.25) is 4.79 Å². The van der Waals surface area contributed by atoms with Crippen molar-refractivity contribution in [2.45, 2.75) is 61.8 Å². The van der Waals surface area contributed by atoms with Gasteiger partial charge < -0.3 is 12.0 Å². The van der Waals surface area contributed by atoms with Crippen LogP contribution in [0.2, 0.25) is 0 Å². The Kier molecular flexibility index (Phi) is 25.7. The largest absolute Gasteiger partial charge is 1.00 e. The number of rotatable bonds is 0. The maximum Gasteiger partial charge on any atom is 1.00 e. The molecule has 0 aliphatic carbocycles. The van der Waals surface area contributed by atoms with Gasteiger partial charge in [0, 0.05) is 0 Å². The molecular weight excluding hydrogens is 287 g/mol. The fourth-order valence-electron chi connectivity index (χ4n) is 0.663. The number of hydrogen-bond donors (Lipinski definition) is 1. The summed E-state index contributed by atoms with van der Waals surface area (Å²) in [4.78, 5) is 10.0. The third-order valence-electron chi connectivity index (χ3n) is 2.07. The summed E-state index contributed by atoms with van der Waals surface area (Å²) in [7, 11) is 0. The van der Waals surface area contributed by atoms with Gasteiger partial charge in [0.15, 0.2) is 0 Å². The van der Waals surface area contributed by atoms with E-state index in [-0.39, 0.29) is 51.4 Å². The minimum absolute atomic E-state index is 0. The van der Waals surface area contributed by atoms with E-state index in [1.807, 2.05) is 20.8 Å². The second-order valence-electron chi connectivity index (χ2n) is 5.14. The van der Waals surface area contributed by atoms with Crippen LogP contribution in [0.25, 0.3) is 0 Å². The van der Waals surface area contributed by atoms with Crippen molar-refractivity contribution in [1.82, 2.24) is 0 Å². The monoisotopic (exact) mass is 320 g/mol. The Morgan fingerprint density at radius 2 is 1.29 bits per heavy atom. The molecule has 1 aromatic rings. The zero-order valence-corrected chi connectivity index (χ0v) is 18.7. The molecule has 0 heterocycles. The number of hydrogen-bond acceptors (Lipinski definition) is 1. The molecule has 0 saturated carbocycles. The molecule has 0 atom stereocenters. The first kappa shape index (κ1) is 29.4. The van der Waals surface area contributed by atoms with E-state index in [2.05, 4.69) is 45.0 Å². The van der Waals surface area contributed by atoms with Gasteiger partial charge in [0.05, 0.1) is 5.41 Å². The summed E-state index contributed by atoms with van der Waals surface area (Å²) in [5, 5.41) is 8.25. The molecule has 1 rings (SSSR count). The van der Waals surface area contributed by atoms with Crippen LogP contribution in [0.5, 0.6) is 0 Å². The van der Waals surface area contributed by atoms with Crippen molar-refractivity contribution in [2.75, 3.05) is 0 Å². The molecule has 0 radical (unpaired) electrons. The van der Waals surface area contributed by atoms with E-state index in [0.29, 0.717) is 0 Å². The Bertz CT molecular complexity index is 320. The summed E-state index contributed by atoms with van der Waals surface area (Å²) in [5.41, 5.74) is 2.15. The van der Waals surface area contributed by atoms with Crippen molar-refractivity contribution < 1.29 is 61.3 Å². The number of aliphatic carboxylic acids is 1. The fraction of sp³-hybridized carbons (Fsp3) is 0.556. The molecule has 0 unspecified atom stereocenters. The molecule has 0 amide bonds. The van der Waals surface area contributed by atoms with Crippen LogP contribution in [0, 0.1) is 26.2 Å². The third kappa shape index (κ3) is 22.7. The zero-order valence-electron chi connectivity index (χ0n) is 15.6. The van der Waals surface area contributed by atoms with E-state index in [9.17, 15) is 4.79 Å². The van der Waals surface area contributed by atoms with E-state index in [4.69, 9.17) is 5.11 Å². The van der Waals surface area contributed by atoms with E-state index < -0.39 is 11.4 Å². The van der Waals surface area contributed by atoms with Crippen LogP contribution in [0.4, 0.5) is 0 Å². The van der Waals surface area contributed by atoms with Gasteiger partial charge >= 0.3 is 57.4 Å². The average Bonchev–Trinajstić information content (AvgIpc) is 2.36. The van der Waals surface area contributed by atoms with Gasteiger partial charge in [-0.1, -0.05) is 45.0 Å². The van der Waals surface area contributed by atoms with Gasteiger partial charge in [0.1, 0.15) is 0 Å². The standard InChI is InChI=1S/C8H10.C5H10O2.C3H7.C2H6.K/c1-7-5-3-4-6-8(7)2;1-5(2,3)4(6)7;1-3-2;1-2;/h3-6H,1-2H3;1-3H3,(H,6,7);1,3H2,2H3;1-2H3;/q;;-1;;+1. The molecule has 0 saturated heterocycles. The van der Waals surface area contributed by atoms with E-state index in [1.54, 1.807) is 20.8 Å². The summed E-state index contributed by atoms with van der Waals surface area (Å²) < 4.78 is 0. The van der Waals surface area contributed by atoms with Gasteiger partial charge in [-0.25, -0.2) is 0 Å². The van der Waals surface area contributed by atoms with Crippen LogP contribution in [-0.4, -0.2) is 11.1 Å². The number of carboxylic acids is 1. The SMILES string of the molecule is CC.CC(C)(C)C(=O)O.Cc1ccccc1C.[CH2-]CC.[K+]. The molecule has 3 heteroatoms. The van der Waals surface area contributed by atoms with Crippen LogP contribution in [0.1, 0.15) is 59.1 Å². The Labute approximate surface area is 175 Å². The molecule has 0 fully saturated rings. The number of carbonyl (C=O) groups is 1. The molecule has 0 bridgehead atoms. The number of benzene rings is 1.